The zero-order chi connectivity index (χ0) is 17.2. The van der Waals surface area contributed by atoms with E-state index in [1.807, 2.05) is 0 Å². The Morgan fingerprint density at radius 2 is 1.00 bits per heavy atom. The van der Waals surface area contributed by atoms with Crippen LogP contribution >= 0.6 is 0 Å². The molecule has 0 fully saturated rings. The van der Waals surface area contributed by atoms with Crippen molar-refractivity contribution >= 4 is 0 Å². The van der Waals surface area contributed by atoms with Crippen molar-refractivity contribution in [1.82, 2.24) is 0 Å². The van der Waals surface area contributed by atoms with Crippen LogP contribution in [-0.4, -0.2) is 0 Å². The van der Waals surface area contributed by atoms with Gasteiger partial charge >= 0.3 is 0 Å². The number of hydrogen-bond acceptors (Lipinski definition) is 0. The molecular weight excluding hydrogens is 276 g/mol. The Balaban J connectivity index is 3.44. The van der Waals surface area contributed by atoms with E-state index >= 15 is 0 Å². The topological polar surface area (TPSA) is 0 Å². The fraction of sp³-hybridized carbons (Fsp3) is 0.652. The Morgan fingerprint density at radius 1 is 0.565 bits per heavy atom. The zero-order valence-corrected chi connectivity index (χ0v) is 16.2. The third-order valence-electron chi connectivity index (χ3n) is 3.76. The first-order chi connectivity index (χ1) is 11.1. The molecule has 0 saturated carbocycles. The molecule has 0 aliphatic rings. The maximum Gasteiger partial charge on any atom is -0.0169 e. The van der Waals surface area contributed by atoms with E-state index in [0.717, 1.165) is 19.3 Å². The summed E-state index contributed by atoms with van der Waals surface area (Å²) < 4.78 is 0. The zero-order valence-electron chi connectivity index (χ0n) is 16.2. The van der Waals surface area contributed by atoms with Crippen molar-refractivity contribution in [1.29, 1.82) is 0 Å². The van der Waals surface area contributed by atoms with E-state index in [1.54, 1.807) is 0 Å². The van der Waals surface area contributed by atoms with Gasteiger partial charge in [-0.3, -0.25) is 0 Å². The van der Waals surface area contributed by atoms with E-state index in [2.05, 4.69) is 76.3 Å². The van der Waals surface area contributed by atoms with Gasteiger partial charge in [-0.25, -0.2) is 0 Å². The molecule has 0 nitrogen and oxygen atoms in total. The average molecular weight is 317 g/mol. The van der Waals surface area contributed by atoms with Gasteiger partial charge < -0.3 is 0 Å². The molecule has 0 rings (SSSR count). The smallest absolute Gasteiger partial charge is 0.0169 e. The summed E-state index contributed by atoms with van der Waals surface area (Å²) in [6.07, 6.45) is 30.6. The Morgan fingerprint density at radius 3 is 1.43 bits per heavy atom. The monoisotopic (exact) mass is 316 g/mol. The quantitative estimate of drug-likeness (QED) is 0.237. The molecule has 0 heterocycles. The Hall–Kier alpha value is -1.04. The van der Waals surface area contributed by atoms with Crippen molar-refractivity contribution in [2.24, 2.45) is 5.41 Å². The van der Waals surface area contributed by atoms with Crippen LogP contribution in [0.3, 0.4) is 0 Å². The molecule has 0 bridgehead atoms. The second-order valence-corrected chi connectivity index (χ2v) is 7.54. The van der Waals surface area contributed by atoms with Gasteiger partial charge in [-0.15, -0.1) is 0 Å². The van der Waals surface area contributed by atoms with Crippen molar-refractivity contribution in [2.45, 2.75) is 91.9 Å². The molecule has 0 amide bonds. The SMILES string of the molecule is CCCCC/C=C\C/C=C\C/C=C\C/C=C\CCCC(C)(C)C. The first kappa shape index (κ1) is 22.0. The van der Waals surface area contributed by atoms with E-state index < -0.39 is 0 Å². The Bertz CT molecular complexity index is 347. The minimum Gasteiger partial charge on any atom is -0.0882 e. The Kier molecular flexibility index (Phi) is 15.1. The Labute approximate surface area is 146 Å². The molecule has 0 atom stereocenters. The maximum absolute atomic E-state index is 2.33. The molecule has 0 N–H and O–H groups in total. The van der Waals surface area contributed by atoms with Crippen molar-refractivity contribution in [3.8, 4) is 0 Å². The highest BCUT2D eigenvalue weighted by Crippen LogP contribution is 2.21. The molecule has 132 valence electrons. The highest BCUT2D eigenvalue weighted by atomic mass is 14.1. The molecule has 23 heavy (non-hydrogen) atoms. The van der Waals surface area contributed by atoms with Gasteiger partial charge in [-0.1, -0.05) is 89.1 Å². The highest BCUT2D eigenvalue weighted by Gasteiger charge is 2.07. The van der Waals surface area contributed by atoms with E-state index in [1.165, 1.54) is 44.9 Å². The fourth-order valence-corrected chi connectivity index (χ4v) is 2.31. The van der Waals surface area contributed by atoms with Crippen LogP contribution in [0.15, 0.2) is 48.6 Å². The summed E-state index contributed by atoms with van der Waals surface area (Å²) in [5.41, 5.74) is 0.477. The van der Waals surface area contributed by atoms with E-state index in [4.69, 9.17) is 0 Å². The molecular formula is C23H40. The third kappa shape index (κ3) is 21.0. The predicted octanol–water partition coefficient (Wildman–Crippen LogP) is 8.18. The first-order valence-electron chi connectivity index (χ1n) is 9.66. The lowest BCUT2D eigenvalue weighted by Crippen LogP contribution is -2.03. The summed E-state index contributed by atoms with van der Waals surface area (Å²) in [4.78, 5) is 0. The number of unbranched alkanes of at least 4 members (excludes halogenated alkanes) is 4. The lowest BCUT2D eigenvalue weighted by molar-refractivity contribution is 0.367. The van der Waals surface area contributed by atoms with E-state index in [9.17, 15) is 0 Å². The highest BCUT2D eigenvalue weighted by molar-refractivity contribution is 4.99. The molecule has 0 aliphatic heterocycles. The van der Waals surface area contributed by atoms with Crippen molar-refractivity contribution in [3.05, 3.63) is 48.6 Å². The fourth-order valence-electron chi connectivity index (χ4n) is 2.31. The van der Waals surface area contributed by atoms with Crippen LogP contribution in [0.4, 0.5) is 0 Å². The van der Waals surface area contributed by atoms with Gasteiger partial charge in [0, 0.05) is 0 Å². The second-order valence-electron chi connectivity index (χ2n) is 7.54. The van der Waals surface area contributed by atoms with Gasteiger partial charge in [-0.2, -0.15) is 0 Å². The summed E-state index contributed by atoms with van der Waals surface area (Å²) in [6, 6.07) is 0. The van der Waals surface area contributed by atoms with E-state index in [-0.39, 0.29) is 0 Å². The van der Waals surface area contributed by atoms with Crippen LogP contribution in [0, 0.1) is 5.41 Å². The lowest BCUT2D eigenvalue weighted by atomic mass is 9.90. The van der Waals surface area contributed by atoms with E-state index in [0.29, 0.717) is 5.41 Å². The van der Waals surface area contributed by atoms with Gasteiger partial charge in [0.1, 0.15) is 0 Å². The molecule has 0 spiro atoms. The third-order valence-corrected chi connectivity index (χ3v) is 3.76. The molecule has 0 aromatic heterocycles. The van der Waals surface area contributed by atoms with Gasteiger partial charge in [0.15, 0.2) is 0 Å². The van der Waals surface area contributed by atoms with Crippen LogP contribution in [0.25, 0.3) is 0 Å². The predicted molar refractivity (Wildman–Crippen MR) is 108 cm³/mol. The van der Waals surface area contributed by atoms with Crippen LogP contribution in [0.1, 0.15) is 91.9 Å². The normalized spacial score (nSPS) is 13.4. The second kappa shape index (κ2) is 15.8. The van der Waals surface area contributed by atoms with Gasteiger partial charge in [0.25, 0.3) is 0 Å². The van der Waals surface area contributed by atoms with Crippen LogP contribution in [0.5, 0.6) is 0 Å². The minimum absolute atomic E-state index is 0.477. The van der Waals surface area contributed by atoms with Crippen LogP contribution in [-0.2, 0) is 0 Å². The standard InChI is InChI=1S/C23H40/c1-5-6-7-8-9-10-11-12-13-14-15-16-17-18-19-20-21-22-23(2,3)4/h9-10,12-13,15-16,18-19H,5-8,11,14,17,20-22H2,1-4H3/b10-9-,13-12-,16-15-,19-18-. The van der Waals surface area contributed by atoms with Crippen molar-refractivity contribution in [2.75, 3.05) is 0 Å². The minimum atomic E-state index is 0.477. The number of allylic oxidation sites excluding steroid dienone is 8. The van der Waals surface area contributed by atoms with Crippen LogP contribution < -0.4 is 0 Å². The number of rotatable bonds is 13. The molecule has 0 saturated heterocycles. The van der Waals surface area contributed by atoms with Crippen molar-refractivity contribution in [3.63, 3.8) is 0 Å². The average Bonchev–Trinajstić information content (AvgIpc) is 2.49. The van der Waals surface area contributed by atoms with Gasteiger partial charge in [0.2, 0.25) is 0 Å². The molecule has 0 radical (unpaired) electrons. The van der Waals surface area contributed by atoms with Gasteiger partial charge in [-0.05, 0) is 56.8 Å². The van der Waals surface area contributed by atoms with Gasteiger partial charge in [0.05, 0.1) is 0 Å². The molecule has 0 unspecified atom stereocenters. The summed E-state index contributed by atoms with van der Waals surface area (Å²) in [5, 5.41) is 0. The molecule has 0 aromatic rings. The first-order valence-corrected chi connectivity index (χ1v) is 9.66. The van der Waals surface area contributed by atoms with Crippen molar-refractivity contribution < 1.29 is 0 Å². The molecule has 0 aromatic carbocycles. The molecule has 0 aliphatic carbocycles. The summed E-state index contributed by atoms with van der Waals surface area (Å²) in [6.45, 7) is 9.20. The van der Waals surface area contributed by atoms with Crippen LogP contribution in [0.2, 0.25) is 0 Å². The molecule has 0 heteroatoms. The summed E-state index contributed by atoms with van der Waals surface area (Å²) in [5.74, 6) is 0. The largest absolute Gasteiger partial charge is 0.0882 e. The number of hydrogen-bond donors (Lipinski definition) is 0. The summed E-state index contributed by atoms with van der Waals surface area (Å²) in [7, 11) is 0. The maximum atomic E-state index is 2.33. The lowest BCUT2D eigenvalue weighted by Gasteiger charge is -2.16. The summed E-state index contributed by atoms with van der Waals surface area (Å²) >= 11 is 0.